The minimum Gasteiger partial charge on any atom is -0.481 e. The van der Waals surface area contributed by atoms with E-state index in [1.165, 1.54) is 18.3 Å². The smallest absolute Gasteiger partial charge is 0.306 e. The second-order valence-corrected chi connectivity index (χ2v) is 18.0. The number of carbonyl (C=O) groups excluding carboxylic acids is 4. The summed E-state index contributed by atoms with van der Waals surface area (Å²) in [4.78, 5) is 75.4. The van der Waals surface area contributed by atoms with Crippen molar-refractivity contribution in [2.75, 3.05) is 25.5 Å². The van der Waals surface area contributed by atoms with Crippen LogP contribution in [-0.4, -0.2) is 99.9 Å². The van der Waals surface area contributed by atoms with Crippen molar-refractivity contribution in [2.24, 2.45) is 17.8 Å². The highest BCUT2D eigenvalue weighted by Crippen LogP contribution is 2.32. The number of benzene rings is 1. The second kappa shape index (κ2) is 24.7. The fourth-order valence-corrected chi connectivity index (χ4v) is 8.56. The van der Waals surface area contributed by atoms with Gasteiger partial charge in [-0.05, 0) is 95.5 Å². The number of likely N-dealkylation sites (tertiary alicyclic amines) is 1. The Labute approximate surface area is 362 Å². The molecular formula is C46H70N6O7S. The maximum absolute atomic E-state index is 14.8. The summed E-state index contributed by atoms with van der Waals surface area (Å²) in [6, 6.07) is 6.11. The number of nitrogens with zero attached hydrogens (tertiary/aromatic N) is 3. The fraction of sp³-hybridized carbons (Fsp3) is 0.652. The van der Waals surface area contributed by atoms with Gasteiger partial charge in [0.2, 0.25) is 11.8 Å². The first-order valence-electron chi connectivity index (χ1n) is 21.7. The van der Waals surface area contributed by atoms with Crippen LogP contribution in [0.15, 0.2) is 29.6 Å². The van der Waals surface area contributed by atoms with Gasteiger partial charge in [-0.15, -0.1) is 23.7 Å². The maximum Gasteiger partial charge on any atom is 0.306 e. The zero-order valence-corrected chi connectivity index (χ0v) is 38.1. The Morgan fingerprint density at radius 1 is 1.03 bits per heavy atom. The number of amides is 3. The Kier molecular flexibility index (Phi) is 20.5. The molecule has 0 bridgehead atoms. The largest absolute Gasteiger partial charge is 0.481 e. The number of carboxylic acids is 1. The third-order valence-corrected chi connectivity index (χ3v) is 12.3. The summed E-state index contributed by atoms with van der Waals surface area (Å²) >= 11 is 1.18. The molecule has 0 aliphatic carbocycles. The Morgan fingerprint density at radius 2 is 1.73 bits per heavy atom. The molecule has 2 aromatic rings. The summed E-state index contributed by atoms with van der Waals surface area (Å²) in [5.74, 6) is -0.560. The molecule has 60 heavy (non-hydrogen) atoms. The topological polar surface area (TPSA) is 170 Å². The van der Waals surface area contributed by atoms with Gasteiger partial charge >= 0.3 is 11.9 Å². The van der Waals surface area contributed by atoms with Crippen LogP contribution in [0.25, 0.3) is 0 Å². The van der Waals surface area contributed by atoms with Crippen LogP contribution in [0.1, 0.15) is 140 Å². The van der Waals surface area contributed by atoms with Crippen molar-refractivity contribution in [1.29, 1.82) is 0 Å². The fourth-order valence-electron chi connectivity index (χ4n) is 7.72. The van der Waals surface area contributed by atoms with Crippen LogP contribution in [0.2, 0.25) is 0 Å². The first-order chi connectivity index (χ1) is 28.4. The van der Waals surface area contributed by atoms with Crippen LogP contribution in [0.4, 0.5) is 5.69 Å². The van der Waals surface area contributed by atoms with E-state index in [9.17, 15) is 29.1 Å². The number of nitrogens with one attached hydrogen (secondary N) is 3. The molecule has 1 aliphatic rings. The molecule has 0 saturated carbocycles. The molecule has 2 heterocycles. The van der Waals surface area contributed by atoms with E-state index in [0.29, 0.717) is 43.7 Å². The average molecular weight is 851 g/mol. The number of ether oxygens (including phenoxy) is 1. The van der Waals surface area contributed by atoms with Gasteiger partial charge in [0.15, 0.2) is 6.10 Å². The molecule has 1 aliphatic heterocycles. The van der Waals surface area contributed by atoms with Crippen molar-refractivity contribution in [2.45, 2.75) is 156 Å². The number of hydrogen-bond donors (Lipinski definition) is 4. The number of anilines is 1. The quantitative estimate of drug-likeness (QED) is 0.0487. The summed E-state index contributed by atoms with van der Waals surface area (Å²) < 4.78 is 5.91. The molecule has 0 spiro atoms. The van der Waals surface area contributed by atoms with Gasteiger partial charge in [-0.3, -0.25) is 28.9 Å². The summed E-state index contributed by atoms with van der Waals surface area (Å²) in [6.45, 7) is 16.3. The SMILES string of the molecule is C#CCCCCN(C(=O)[C@@H](NC(=O)[C@H]1CCCCN1C)[C@@H](C)CC)[C@H](C[C@@H](OC(C)=O)c1nc(C(=O)N[C@@H](Cc2ccc(NC(C)C)cc2)C[C@H](C)C(=O)O)cs1)C(C)C. The van der Waals surface area contributed by atoms with E-state index in [2.05, 4.69) is 45.6 Å². The zero-order valence-electron chi connectivity index (χ0n) is 37.3. The Morgan fingerprint density at radius 3 is 2.32 bits per heavy atom. The minimum atomic E-state index is -0.955. The third kappa shape index (κ3) is 15.5. The first kappa shape index (κ1) is 49.9. The monoisotopic (exact) mass is 851 g/mol. The summed E-state index contributed by atoms with van der Waals surface area (Å²) in [5.41, 5.74) is 2.02. The lowest BCUT2D eigenvalue weighted by atomic mass is 9.91. The van der Waals surface area contributed by atoms with Gasteiger partial charge in [0.25, 0.3) is 5.91 Å². The first-order valence-corrected chi connectivity index (χ1v) is 22.6. The van der Waals surface area contributed by atoms with Crippen molar-refractivity contribution >= 4 is 46.7 Å². The number of hydrogen-bond acceptors (Lipinski definition) is 10. The Hall–Kier alpha value is -4.48. The molecule has 4 N–H and O–H groups in total. The standard InChI is InChI=1S/C46H70N6O7S/c1-11-13-14-16-24-52(45(56)41(31(7)12-2)50-43(55)38-18-15-17-23-51(38)10)39(29(3)4)27-40(59-33(9)53)44-49-37(28-60-44)42(54)48-36(25-32(8)46(57)58)26-34-19-21-35(22-20-34)47-30(5)6/h1,19-22,28-32,36,38-41,47H,12-18,23-27H2,2-10H3,(H,48,54)(H,50,55)(H,57,58)/t31-,32-,36+,38+,39+,40+,41-/m0/s1. The van der Waals surface area contributed by atoms with E-state index < -0.39 is 48.0 Å². The number of unbranched alkanes of at least 4 members (excludes halogenated alkanes) is 2. The van der Waals surface area contributed by atoms with Crippen LogP contribution in [0.5, 0.6) is 0 Å². The Bertz CT molecular complexity index is 1740. The predicted octanol–water partition coefficient (Wildman–Crippen LogP) is 7.08. The molecule has 1 saturated heterocycles. The molecule has 13 nitrogen and oxygen atoms in total. The zero-order chi connectivity index (χ0) is 44.5. The number of thiazole rings is 1. The van der Waals surface area contributed by atoms with Crippen molar-refractivity contribution in [3.8, 4) is 12.3 Å². The van der Waals surface area contributed by atoms with Crippen LogP contribution in [-0.2, 0) is 30.3 Å². The normalized spacial score (nSPS) is 17.4. The number of carboxylic acid groups (broad SMARTS) is 1. The lowest BCUT2D eigenvalue weighted by Gasteiger charge is -2.40. The molecular weight excluding hydrogens is 781 g/mol. The number of terminal acetylenes is 1. The molecule has 3 amide bonds. The molecule has 0 unspecified atom stereocenters. The summed E-state index contributed by atoms with van der Waals surface area (Å²) in [5, 5.41) is 21.2. The molecule has 1 aromatic carbocycles. The van der Waals surface area contributed by atoms with Crippen molar-refractivity contribution in [3.63, 3.8) is 0 Å². The molecule has 332 valence electrons. The lowest BCUT2D eigenvalue weighted by molar-refractivity contribution is -0.150. The van der Waals surface area contributed by atoms with Crippen LogP contribution in [0, 0.1) is 30.1 Å². The van der Waals surface area contributed by atoms with E-state index in [0.717, 1.165) is 37.1 Å². The van der Waals surface area contributed by atoms with E-state index in [1.54, 1.807) is 12.3 Å². The highest BCUT2D eigenvalue weighted by molar-refractivity contribution is 7.09. The molecule has 14 heteroatoms. The van der Waals surface area contributed by atoms with E-state index >= 15 is 0 Å². The predicted molar refractivity (Wildman–Crippen MR) is 237 cm³/mol. The molecule has 3 rings (SSSR count). The third-order valence-electron chi connectivity index (χ3n) is 11.4. The maximum atomic E-state index is 14.8. The van der Waals surface area contributed by atoms with E-state index in [-0.39, 0.29) is 54.3 Å². The highest BCUT2D eigenvalue weighted by atomic mass is 32.1. The number of esters is 1. The average Bonchev–Trinajstić information content (AvgIpc) is 3.69. The van der Waals surface area contributed by atoms with Crippen molar-refractivity contribution in [3.05, 3.63) is 45.9 Å². The van der Waals surface area contributed by atoms with Gasteiger partial charge < -0.3 is 30.7 Å². The van der Waals surface area contributed by atoms with E-state index in [1.807, 2.05) is 63.9 Å². The number of piperidine rings is 1. The van der Waals surface area contributed by atoms with Gasteiger partial charge in [-0.2, -0.15) is 0 Å². The van der Waals surface area contributed by atoms with E-state index in [4.69, 9.17) is 11.2 Å². The van der Waals surface area contributed by atoms with Gasteiger partial charge in [-0.1, -0.05) is 59.6 Å². The van der Waals surface area contributed by atoms with Crippen LogP contribution in [0.3, 0.4) is 0 Å². The van der Waals surface area contributed by atoms with Crippen molar-refractivity contribution in [1.82, 2.24) is 25.4 Å². The summed E-state index contributed by atoms with van der Waals surface area (Å²) in [7, 11) is 1.95. The molecule has 0 radical (unpaired) electrons. The molecule has 1 aromatic heterocycles. The number of rotatable bonds is 24. The Balaban J connectivity index is 1.92. The molecule has 1 fully saturated rings. The molecule has 7 atom stereocenters. The number of carbonyl (C=O) groups is 5. The van der Waals surface area contributed by atoms with Gasteiger partial charge in [-0.25, -0.2) is 4.98 Å². The highest BCUT2D eigenvalue weighted by Gasteiger charge is 2.38. The summed E-state index contributed by atoms with van der Waals surface area (Å²) in [6.07, 6.45) is 10.8. The van der Waals surface area contributed by atoms with Gasteiger partial charge in [0.05, 0.1) is 12.0 Å². The van der Waals surface area contributed by atoms with Gasteiger partial charge in [0, 0.05) is 55.5 Å². The second-order valence-electron chi connectivity index (χ2n) is 17.1. The van der Waals surface area contributed by atoms with Crippen LogP contribution >= 0.6 is 11.3 Å². The van der Waals surface area contributed by atoms with Gasteiger partial charge in [0.1, 0.15) is 16.7 Å². The van der Waals surface area contributed by atoms with Crippen molar-refractivity contribution < 1.29 is 33.8 Å². The number of aliphatic carboxylic acids is 1. The minimum absolute atomic E-state index is 0.0904. The number of likely N-dealkylation sites (N-methyl/N-ethyl adjacent to an activating group) is 1. The van der Waals surface area contributed by atoms with Crippen LogP contribution < -0.4 is 16.0 Å². The number of aromatic nitrogens is 1. The lowest BCUT2D eigenvalue weighted by Crippen LogP contribution is -2.59.